The van der Waals surface area contributed by atoms with E-state index < -0.39 is 10.0 Å². The van der Waals surface area contributed by atoms with Crippen molar-refractivity contribution in [3.63, 3.8) is 0 Å². The van der Waals surface area contributed by atoms with Crippen LogP contribution in [0, 0.1) is 0 Å². The van der Waals surface area contributed by atoms with Gasteiger partial charge in [-0.05, 0) is 29.8 Å². The highest BCUT2D eigenvalue weighted by molar-refractivity contribution is 9.08. The molecule has 0 saturated heterocycles. The highest BCUT2D eigenvalue weighted by Crippen LogP contribution is 2.16. The summed E-state index contributed by atoms with van der Waals surface area (Å²) < 4.78 is 26.6. The molecule has 1 heterocycles. The monoisotopic (exact) mass is 326 g/mol. The van der Waals surface area contributed by atoms with Gasteiger partial charge in [0, 0.05) is 17.7 Å². The Morgan fingerprint density at radius 1 is 1.06 bits per heavy atom. The van der Waals surface area contributed by atoms with Crippen LogP contribution in [0.4, 0.5) is 5.69 Å². The van der Waals surface area contributed by atoms with Gasteiger partial charge in [-0.2, -0.15) is 0 Å². The predicted molar refractivity (Wildman–Crippen MR) is 74.1 cm³/mol. The van der Waals surface area contributed by atoms with Crippen LogP contribution < -0.4 is 4.72 Å². The Labute approximate surface area is 114 Å². The molecule has 6 heteroatoms. The maximum atomic E-state index is 12.1. The Balaban J connectivity index is 2.25. The lowest BCUT2D eigenvalue weighted by molar-refractivity contribution is 0.601. The zero-order chi connectivity index (χ0) is 13.0. The highest BCUT2D eigenvalue weighted by Gasteiger charge is 2.13. The van der Waals surface area contributed by atoms with Crippen LogP contribution >= 0.6 is 15.9 Å². The van der Waals surface area contributed by atoms with E-state index in [1.54, 1.807) is 36.4 Å². The summed E-state index contributed by atoms with van der Waals surface area (Å²) in [6, 6.07) is 9.92. The van der Waals surface area contributed by atoms with Crippen molar-refractivity contribution in [3.8, 4) is 0 Å². The summed E-state index contributed by atoms with van der Waals surface area (Å²) in [4.78, 5) is 4.07. The normalized spacial score (nSPS) is 11.2. The molecule has 0 saturated carbocycles. The lowest BCUT2D eigenvalue weighted by Crippen LogP contribution is -2.12. The Morgan fingerprint density at radius 2 is 1.67 bits per heavy atom. The quantitative estimate of drug-likeness (QED) is 0.879. The van der Waals surface area contributed by atoms with Crippen LogP contribution in [0.3, 0.4) is 0 Å². The maximum Gasteiger partial charge on any atom is 0.261 e. The number of hydrogen-bond donors (Lipinski definition) is 1. The molecule has 18 heavy (non-hydrogen) atoms. The van der Waals surface area contributed by atoms with Crippen molar-refractivity contribution in [2.45, 2.75) is 10.2 Å². The second-order valence-corrected chi connectivity index (χ2v) is 5.86. The first-order valence-electron chi connectivity index (χ1n) is 5.19. The number of nitrogens with one attached hydrogen (secondary N) is 1. The molecule has 2 aromatic rings. The average Bonchev–Trinajstić information content (AvgIpc) is 2.39. The molecule has 0 unspecified atom stereocenters. The zero-order valence-corrected chi connectivity index (χ0v) is 11.8. The van der Waals surface area contributed by atoms with Crippen molar-refractivity contribution in [1.82, 2.24) is 4.98 Å². The molecular weight excluding hydrogens is 316 g/mol. The van der Waals surface area contributed by atoms with E-state index in [2.05, 4.69) is 25.6 Å². The van der Waals surface area contributed by atoms with Crippen LogP contribution in [-0.4, -0.2) is 13.4 Å². The fraction of sp³-hybridized carbons (Fsp3) is 0.0833. The van der Waals surface area contributed by atoms with Gasteiger partial charge in [0.05, 0.1) is 10.6 Å². The molecule has 0 fully saturated rings. The number of sulfonamides is 1. The van der Waals surface area contributed by atoms with Crippen molar-refractivity contribution in [3.05, 3.63) is 54.4 Å². The topological polar surface area (TPSA) is 59.1 Å². The first-order chi connectivity index (χ1) is 8.62. The molecule has 1 aromatic carbocycles. The second-order valence-electron chi connectivity index (χ2n) is 3.62. The van der Waals surface area contributed by atoms with Gasteiger partial charge in [-0.15, -0.1) is 0 Å². The third-order valence-corrected chi connectivity index (χ3v) is 4.37. The van der Waals surface area contributed by atoms with Crippen molar-refractivity contribution in [2.75, 3.05) is 4.72 Å². The maximum absolute atomic E-state index is 12.1. The van der Waals surface area contributed by atoms with Crippen LogP contribution in [0.15, 0.2) is 53.7 Å². The van der Waals surface area contributed by atoms with Gasteiger partial charge < -0.3 is 0 Å². The number of nitrogens with zero attached hydrogens (tertiary/aromatic N) is 1. The van der Waals surface area contributed by atoms with E-state index in [9.17, 15) is 8.42 Å². The molecule has 1 aromatic heterocycles. The van der Waals surface area contributed by atoms with Crippen LogP contribution in [0.1, 0.15) is 5.56 Å². The van der Waals surface area contributed by atoms with Gasteiger partial charge in [0.15, 0.2) is 0 Å². The standard InChI is InChI=1S/C12H11BrN2O2S/c13-9-10-1-3-12(4-2-10)18(16,17)15-11-5-7-14-8-6-11/h1-8H,9H2,(H,14,15). The summed E-state index contributed by atoms with van der Waals surface area (Å²) in [6.07, 6.45) is 3.07. The smallest absolute Gasteiger partial charge is 0.261 e. The number of hydrogen-bond acceptors (Lipinski definition) is 3. The number of aromatic nitrogens is 1. The summed E-state index contributed by atoms with van der Waals surface area (Å²) >= 11 is 3.31. The third kappa shape index (κ3) is 3.08. The Morgan fingerprint density at radius 3 is 2.22 bits per heavy atom. The van der Waals surface area contributed by atoms with Gasteiger partial charge in [0.1, 0.15) is 0 Å². The summed E-state index contributed by atoms with van der Waals surface area (Å²) in [5, 5.41) is 0.700. The molecule has 1 N–H and O–H groups in total. The minimum Gasteiger partial charge on any atom is -0.280 e. The number of benzene rings is 1. The molecule has 94 valence electrons. The molecule has 0 atom stereocenters. The third-order valence-electron chi connectivity index (χ3n) is 2.32. The van der Waals surface area contributed by atoms with Crippen LogP contribution in [0.25, 0.3) is 0 Å². The van der Waals surface area contributed by atoms with Crippen LogP contribution in [0.2, 0.25) is 0 Å². The first kappa shape index (κ1) is 13.0. The van der Waals surface area contributed by atoms with E-state index in [4.69, 9.17) is 0 Å². The van der Waals surface area contributed by atoms with Gasteiger partial charge in [0.2, 0.25) is 0 Å². The highest BCUT2D eigenvalue weighted by atomic mass is 79.9. The number of anilines is 1. The Bertz CT molecular complexity index is 612. The van der Waals surface area contributed by atoms with E-state index in [1.807, 2.05) is 0 Å². The van der Waals surface area contributed by atoms with Gasteiger partial charge in [0.25, 0.3) is 10.0 Å². The largest absolute Gasteiger partial charge is 0.280 e. The van der Waals surface area contributed by atoms with E-state index in [0.717, 1.165) is 5.56 Å². The number of halogens is 1. The van der Waals surface area contributed by atoms with Gasteiger partial charge in [-0.3, -0.25) is 9.71 Å². The molecule has 0 aliphatic rings. The summed E-state index contributed by atoms with van der Waals surface area (Å²) in [7, 11) is -3.53. The second kappa shape index (κ2) is 5.49. The van der Waals surface area contributed by atoms with Crippen molar-refractivity contribution < 1.29 is 8.42 Å². The molecule has 0 spiro atoms. The zero-order valence-electron chi connectivity index (χ0n) is 9.38. The summed E-state index contributed by atoms with van der Waals surface area (Å²) in [5.41, 5.74) is 1.52. The summed E-state index contributed by atoms with van der Waals surface area (Å²) in [5.74, 6) is 0. The lowest BCUT2D eigenvalue weighted by Gasteiger charge is -2.07. The van der Waals surface area contributed by atoms with Crippen molar-refractivity contribution >= 4 is 31.6 Å². The average molecular weight is 327 g/mol. The molecule has 0 bridgehead atoms. The van der Waals surface area contributed by atoms with Gasteiger partial charge >= 0.3 is 0 Å². The molecular formula is C12H11BrN2O2S. The SMILES string of the molecule is O=S(=O)(Nc1ccncc1)c1ccc(CBr)cc1. The number of alkyl halides is 1. The Hall–Kier alpha value is -1.40. The molecule has 0 amide bonds. The minimum absolute atomic E-state index is 0.240. The molecule has 0 radical (unpaired) electrons. The van der Waals surface area contributed by atoms with Crippen molar-refractivity contribution in [1.29, 1.82) is 0 Å². The van der Waals surface area contributed by atoms with E-state index in [0.29, 0.717) is 11.0 Å². The van der Waals surface area contributed by atoms with Crippen LogP contribution in [-0.2, 0) is 15.4 Å². The number of rotatable bonds is 4. The molecule has 0 aliphatic carbocycles. The van der Waals surface area contributed by atoms with E-state index in [-0.39, 0.29) is 4.90 Å². The first-order valence-corrected chi connectivity index (χ1v) is 7.80. The fourth-order valence-electron chi connectivity index (χ4n) is 1.39. The molecule has 2 rings (SSSR count). The summed E-state index contributed by atoms with van der Waals surface area (Å²) in [6.45, 7) is 0. The minimum atomic E-state index is -3.53. The van der Waals surface area contributed by atoms with E-state index in [1.165, 1.54) is 12.4 Å². The molecule has 4 nitrogen and oxygen atoms in total. The van der Waals surface area contributed by atoms with E-state index >= 15 is 0 Å². The Kier molecular flexibility index (Phi) is 3.98. The number of pyridine rings is 1. The van der Waals surface area contributed by atoms with Gasteiger partial charge in [-0.25, -0.2) is 8.42 Å². The lowest BCUT2D eigenvalue weighted by atomic mass is 10.2. The predicted octanol–water partition coefficient (Wildman–Crippen LogP) is 2.78. The fourth-order valence-corrected chi connectivity index (χ4v) is 2.82. The van der Waals surface area contributed by atoms with Crippen molar-refractivity contribution in [2.24, 2.45) is 0 Å². The van der Waals surface area contributed by atoms with Crippen LogP contribution in [0.5, 0.6) is 0 Å². The molecule has 0 aliphatic heterocycles. The van der Waals surface area contributed by atoms with Gasteiger partial charge in [-0.1, -0.05) is 28.1 Å².